The molecule has 1 aromatic heterocycles. The van der Waals surface area contributed by atoms with Gasteiger partial charge in [-0.1, -0.05) is 18.2 Å². The smallest absolute Gasteiger partial charge is 0.257 e. The van der Waals surface area contributed by atoms with Crippen molar-refractivity contribution in [1.82, 2.24) is 19.6 Å². The molecule has 2 heterocycles. The molecule has 1 aliphatic heterocycles. The van der Waals surface area contributed by atoms with Crippen LogP contribution in [0.1, 0.15) is 10.4 Å². The maximum atomic E-state index is 13.4. The van der Waals surface area contributed by atoms with Crippen LogP contribution in [-0.4, -0.2) is 71.3 Å². The van der Waals surface area contributed by atoms with Crippen LogP contribution >= 0.6 is 0 Å². The minimum Gasteiger partial charge on any atom is -0.378 e. The van der Waals surface area contributed by atoms with Gasteiger partial charge in [0, 0.05) is 31.9 Å². The predicted octanol–water partition coefficient (Wildman–Crippen LogP) is 2.61. The number of hydrogen-bond acceptors (Lipinski definition) is 4. The molecule has 2 aromatic carbocycles. The van der Waals surface area contributed by atoms with E-state index in [0.717, 1.165) is 5.69 Å². The average molecular weight is 422 g/mol. The van der Waals surface area contributed by atoms with E-state index in [1.165, 1.54) is 17.0 Å². The van der Waals surface area contributed by atoms with Gasteiger partial charge >= 0.3 is 0 Å². The molecule has 0 unspecified atom stereocenters. The van der Waals surface area contributed by atoms with E-state index in [1.54, 1.807) is 35.0 Å². The lowest BCUT2D eigenvalue weighted by molar-refractivity contribution is -0.135. The summed E-state index contributed by atoms with van der Waals surface area (Å²) in [6.07, 6.45) is 1.64. The first kappa shape index (κ1) is 20.7. The number of benzene rings is 2. The summed E-state index contributed by atoms with van der Waals surface area (Å²) < 4.78 is 20.3. The molecule has 160 valence electrons. The van der Waals surface area contributed by atoms with Gasteiger partial charge in [0.05, 0.1) is 31.0 Å². The molecule has 0 N–H and O–H groups in total. The number of aromatic nitrogens is 2. The van der Waals surface area contributed by atoms with Crippen molar-refractivity contribution in [1.29, 1.82) is 0 Å². The van der Waals surface area contributed by atoms with Gasteiger partial charge in [0.15, 0.2) is 0 Å². The number of carbonyl (C=O) groups excluding carboxylic acids is 2. The largest absolute Gasteiger partial charge is 0.378 e. The first-order valence-corrected chi connectivity index (χ1v) is 10.0. The van der Waals surface area contributed by atoms with E-state index < -0.39 is 0 Å². The molecule has 0 radical (unpaired) electrons. The lowest BCUT2D eigenvalue weighted by Gasteiger charge is -2.28. The van der Waals surface area contributed by atoms with E-state index in [2.05, 4.69) is 5.10 Å². The third-order valence-corrected chi connectivity index (χ3v) is 5.17. The Morgan fingerprint density at radius 2 is 1.74 bits per heavy atom. The number of amides is 2. The van der Waals surface area contributed by atoms with E-state index >= 15 is 0 Å². The number of carbonyl (C=O) groups is 2. The highest BCUT2D eigenvalue weighted by molar-refractivity contribution is 6.01. The molecular formula is C23H23FN4O3. The highest BCUT2D eigenvalue weighted by Gasteiger charge is 2.25. The number of para-hydroxylation sites is 1. The Balaban J connectivity index is 1.63. The normalized spacial score (nSPS) is 13.8. The number of nitrogens with zero attached hydrogens (tertiary/aromatic N) is 4. The van der Waals surface area contributed by atoms with Crippen molar-refractivity contribution in [3.05, 3.63) is 72.2 Å². The molecule has 7 nitrogen and oxygen atoms in total. The number of hydrogen-bond donors (Lipinski definition) is 0. The highest BCUT2D eigenvalue weighted by atomic mass is 19.1. The Labute approximate surface area is 179 Å². The van der Waals surface area contributed by atoms with E-state index in [4.69, 9.17) is 4.74 Å². The molecular weight excluding hydrogens is 399 g/mol. The zero-order valence-corrected chi connectivity index (χ0v) is 17.2. The van der Waals surface area contributed by atoms with Gasteiger partial charge in [-0.3, -0.25) is 9.59 Å². The zero-order valence-electron chi connectivity index (χ0n) is 17.2. The van der Waals surface area contributed by atoms with Gasteiger partial charge in [-0.25, -0.2) is 9.07 Å². The second-order valence-electron chi connectivity index (χ2n) is 7.33. The first-order chi connectivity index (χ1) is 15.0. The average Bonchev–Trinajstić information content (AvgIpc) is 3.25. The molecule has 0 aliphatic carbocycles. The fourth-order valence-electron chi connectivity index (χ4n) is 3.46. The van der Waals surface area contributed by atoms with Crippen LogP contribution in [0.15, 0.2) is 60.8 Å². The number of likely N-dealkylation sites (N-methyl/N-ethyl adjacent to an activating group) is 1. The van der Waals surface area contributed by atoms with Gasteiger partial charge in [-0.05, 0) is 36.4 Å². The molecule has 3 aromatic rings. The summed E-state index contributed by atoms with van der Waals surface area (Å²) in [7, 11) is 1.59. The Hall–Kier alpha value is -3.52. The topological polar surface area (TPSA) is 67.7 Å². The van der Waals surface area contributed by atoms with Crippen molar-refractivity contribution in [2.45, 2.75) is 0 Å². The molecule has 0 saturated carbocycles. The van der Waals surface area contributed by atoms with E-state index in [9.17, 15) is 14.0 Å². The first-order valence-electron chi connectivity index (χ1n) is 10.0. The highest BCUT2D eigenvalue weighted by Crippen LogP contribution is 2.25. The lowest BCUT2D eigenvalue weighted by atomic mass is 10.1. The zero-order chi connectivity index (χ0) is 21.8. The van der Waals surface area contributed by atoms with Crippen LogP contribution in [0.3, 0.4) is 0 Å². The van der Waals surface area contributed by atoms with E-state index in [-0.39, 0.29) is 24.2 Å². The van der Waals surface area contributed by atoms with Crippen LogP contribution in [0.25, 0.3) is 16.9 Å². The van der Waals surface area contributed by atoms with Crippen molar-refractivity contribution >= 4 is 11.8 Å². The lowest BCUT2D eigenvalue weighted by Crippen LogP contribution is -2.46. The number of ether oxygens (including phenoxy) is 1. The third kappa shape index (κ3) is 4.64. The standard InChI is InChI=1S/C23H23FN4O3/c1-26(16-21(29)27-11-13-31-14-12-27)23(30)20-15-28(19-5-3-2-4-6-19)25-22(20)17-7-9-18(24)10-8-17/h2-10,15H,11-14,16H2,1H3. The van der Waals surface area contributed by atoms with Crippen molar-refractivity contribution in [2.24, 2.45) is 0 Å². The number of halogens is 1. The number of rotatable bonds is 5. The summed E-state index contributed by atoms with van der Waals surface area (Å²) in [4.78, 5) is 28.9. The second kappa shape index (κ2) is 9.09. The van der Waals surface area contributed by atoms with Crippen molar-refractivity contribution in [2.75, 3.05) is 39.9 Å². The third-order valence-electron chi connectivity index (χ3n) is 5.17. The summed E-state index contributed by atoms with van der Waals surface area (Å²) in [6.45, 7) is 2.00. The summed E-state index contributed by atoms with van der Waals surface area (Å²) in [5.41, 5.74) is 2.18. The van der Waals surface area contributed by atoms with Gasteiger partial charge < -0.3 is 14.5 Å². The van der Waals surface area contributed by atoms with E-state index in [0.29, 0.717) is 43.1 Å². The van der Waals surface area contributed by atoms with Crippen LogP contribution < -0.4 is 0 Å². The quantitative estimate of drug-likeness (QED) is 0.634. The van der Waals surface area contributed by atoms with Crippen LogP contribution in [0, 0.1) is 5.82 Å². The van der Waals surface area contributed by atoms with Gasteiger partial charge in [0.1, 0.15) is 11.5 Å². The fraction of sp³-hybridized carbons (Fsp3) is 0.261. The minimum atomic E-state index is -0.368. The van der Waals surface area contributed by atoms with Crippen molar-refractivity contribution < 1.29 is 18.7 Å². The molecule has 1 aliphatic rings. The summed E-state index contributed by atoms with van der Waals surface area (Å²) in [5, 5.41) is 4.59. The molecule has 31 heavy (non-hydrogen) atoms. The van der Waals surface area contributed by atoms with Crippen molar-refractivity contribution in [3.63, 3.8) is 0 Å². The Kier molecular flexibility index (Phi) is 6.08. The molecule has 0 bridgehead atoms. The number of morpholine rings is 1. The van der Waals surface area contributed by atoms with E-state index in [1.807, 2.05) is 30.3 Å². The molecule has 0 spiro atoms. The van der Waals surface area contributed by atoms with Crippen molar-refractivity contribution in [3.8, 4) is 16.9 Å². The predicted molar refractivity (Wildman–Crippen MR) is 113 cm³/mol. The van der Waals surface area contributed by atoms with Crippen LogP contribution in [0.5, 0.6) is 0 Å². The monoisotopic (exact) mass is 422 g/mol. The van der Waals surface area contributed by atoms with Gasteiger partial charge in [0.2, 0.25) is 5.91 Å². The molecule has 2 amide bonds. The molecule has 8 heteroatoms. The maximum Gasteiger partial charge on any atom is 0.257 e. The second-order valence-corrected chi connectivity index (χ2v) is 7.33. The van der Waals surface area contributed by atoms with Crippen LogP contribution in [0.4, 0.5) is 4.39 Å². The summed E-state index contributed by atoms with van der Waals surface area (Å²) in [5.74, 6) is -0.826. The Morgan fingerprint density at radius 1 is 1.06 bits per heavy atom. The van der Waals surface area contributed by atoms with Gasteiger partial charge in [-0.2, -0.15) is 5.10 Å². The molecule has 1 saturated heterocycles. The maximum absolute atomic E-state index is 13.4. The molecule has 0 atom stereocenters. The summed E-state index contributed by atoms with van der Waals surface area (Å²) >= 11 is 0. The minimum absolute atomic E-state index is 0.0434. The Bertz CT molecular complexity index is 1060. The SMILES string of the molecule is CN(CC(=O)N1CCOCC1)C(=O)c1cn(-c2ccccc2)nc1-c1ccc(F)cc1. The van der Waals surface area contributed by atoms with Crippen LogP contribution in [-0.2, 0) is 9.53 Å². The van der Waals surface area contributed by atoms with Gasteiger partial charge in [-0.15, -0.1) is 0 Å². The van der Waals surface area contributed by atoms with Gasteiger partial charge in [0.25, 0.3) is 5.91 Å². The molecule has 4 rings (SSSR count). The fourth-order valence-corrected chi connectivity index (χ4v) is 3.46. The summed E-state index contributed by atoms with van der Waals surface area (Å²) in [6, 6.07) is 15.2. The Morgan fingerprint density at radius 3 is 2.42 bits per heavy atom. The van der Waals surface area contributed by atoms with Crippen LogP contribution in [0.2, 0.25) is 0 Å². The molecule has 1 fully saturated rings.